The number of benzene rings is 1. The maximum absolute atomic E-state index is 13.3. The molecule has 0 radical (unpaired) electrons. The van der Waals surface area contributed by atoms with Gasteiger partial charge in [-0.05, 0) is 26.1 Å². The maximum atomic E-state index is 13.3. The number of nitrogens with one attached hydrogen (secondary N) is 1. The smallest absolute Gasteiger partial charge is 0.274 e. The highest BCUT2D eigenvalue weighted by Gasteiger charge is 2.16. The fourth-order valence-electron chi connectivity index (χ4n) is 1.83. The lowest BCUT2D eigenvalue weighted by Crippen LogP contribution is -2.25. The molecule has 2 aromatic rings. The highest BCUT2D eigenvalue weighted by atomic mass is 19.2. The first-order valence-electron chi connectivity index (χ1n) is 5.49. The van der Waals surface area contributed by atoms with Crippen molar-refractivity contribution in [1.82, 2.24) is 15.1 Å². The highest BCUT2D eigenvalue weighted by Crippen LogP contribution is 2.22. The van der Waals surface area contributed by atoms with Gasteiger partial charge in [-0.1, -0.05) is 0 Å². The van der Waals surface area contributed by atoms with Crippen LogP contribution in [0.3, 0.4) is 0 Å². The Hall–Kier alpha value is -1.82. The van der Waals surface area contributed by atoms with Gasteiger partial charge < -0.3 is 5.32 Å². The van der Waals surface area contributed by atoms with Crippen molar-refractivity contribution in [3.8, 4) is 0 Å². The second-order valence-electron chi connectivity index (χ2n) is 4.14. The lowest BCUT2D eigenvalue weighted by molar-refractivity contribution is 0.509. The third-order valence-corrected chi connectivity index (χ3v) is 2.96. The number of hydrogen-bond donors (Lipinski definition) is 1. The zero-order valence-corrected chi connectivity index (χ0v) is 10.3. The summed E-state index contributed by atoms with van der Waals surface area (Å²) < 4.78 is 27.6. The Labute approximate surface area is 102 Å². The quantitative estimate of drug-likeness (QED) is 0.882. The summed E-state index contributed by atoms with van der Waals surface area (Å²) in [4.78, 5) is 11.8. The van der Waals surface area contributed by atoms with Crippen molar-refractivity contribution in [1.29, 1.82) is 0 Å². The van der Waals surface area contributed by atoms with Gasteiger partial charge in [0.05, 0.1) is 11.1 Å². The van der Waals surface area contributed by atoms with E-state index in [1.807, 2.05) is 6.92 Å². The van der Waals surface area contributed by atoms with Gasteiger partial charge >= 0.3 is 0 Å². The van der Waals surface area contributed by atoms with Crippen molar-refractivity contribution >= 4 is 10.8 Å². The van der Waals surface area contributed by atoms with E-state index in [2.05, 4.69) is 10.4 Å². The van der Waals surface area contributed by atoms with Gasteiger partial charge in [0, 0.05) is 18.5 Å². The van der Waals surface area contributed by atoms with Crippen LogP contribution < -0.4 is 10.9 Å². The van der Waals surface area contributed by atoms with E-state index in [0.29, 0.717) is 11.1 Å². The first kappa shape index (κ1) is 12.6. The molecule has 0 aliphatic rings. The van der Waals surface area contributed by atoms with E-state index in [1.54, 1.807) is 7.05 Å². The molecule has 4 nitrogen and oxygen atoms in total. The van der Waals surface area contributed by atoms with Gasteiger partial charge in [-0.2, -0.15) is 5.10 Å². The van der Waals surface area contributed by atoms with Crippen LogP contribution in [0.25, 0.3) is 10.8 Å². The topological polar surface area (TPSA) is 46.9 Å². The predicted molar refractivity (Wildman–Crippen MR) is 64.4 cm³/mol. The molecule has 0 aliphatic heterocycles. The number of aryl methyl sites for hydroxylation is 1. The molecular weight excluding hydrogens is 240 g/mol. The summed E-state index contributed by atoms with van der Waals surface area (Å²) in [5.74, 6) is -2.02. The van der Waals surface area contributed by atoms with Gasteiger partial charge in [0.1, 0.15) is 0 Å². The number of halogens is 2. The van der Waals surface area contributed by atoms with Crippen LogP contribution in [0.5, 0.6) is 0 Å². The van der Waals surface area contributed by atoms with Crippen LogP contribution >= 0.6 is 0 Å². The lowest BCUT2D eigenvalue weighted by Gasteiger charge is -2.14. The fraction of sp³-hybridized carbons (Fsp3) is 0.333. The van der Waals surface area contributed by atoms with Crippen LogP contribution in [0.15, 0.2) is 16.9 Å². The molecular formula is C12H13F2N3O. The monoisotopic (exact) mass is 253 g/mol. The van der Waals surface area contributed by atoms with E-state index >= 15 is 0 Å². The molecule has 1 aromatic carbocycles. The first-order valence-corrected chi connectivity index (χ1v) is 5.49. The van der Waals surface area contributed by atoms with Crippen LogP contribution in [0.1, 0.15) is 18.7 Å². The van der Waals surface area contributed by atoms with Gasteiger partial charge in [-0.25, -0.2) is 13.5 Å². The molecule has 2 rings (SSSR count). The van der Waals surface area contributed by atoms with E-state index in [-0.39, 0.29) is 11.4 Å². The summed E-state index contributed by atoms with van der Waals surface area (Å²) in [5, 5.41) is 7.52. The van der Waals surface area contributed by atoms with Crippen molar-refractivity contribution in [2.45, 2.75) is 13.0 Å². The summed E-state index contributed by atoms with van der Waals surface area (Å²) in [6.07, 6.45) is 0. The van der Waals surface area contributed by atoms with Crippen molar-refractivity contribution in [3.05, 3.63) is 39.8 Å². The second kappa shape index (κ2) is 4.45. The number of rotatable bonds is 2. The highest BCUT2D eigenvalue weighted by molar-refractivity contribution is 5.84. The van der Waals surface area contributed by atoms with Crippen molar-refractivity contribution in [2.75, 3.05) is 7.05 Å². The second-order valence-corrected chi connectivity index (χ2v) is 4.14. The Kier molecular flexibility index (Phi) is 3.13. The summed E-state index contributed by atoms with van der Waals surface area (Å²) in [6.45, 7) is 1.83. The summed E-state index contributed by atoms with van der Waals surface area (Å²) in [6, 6.07) is 1.76. The molecule has 0 spiro atoms. The third kappa shape index (κ3) is 1.88. The Morgan fingerprint density at radius 3 is 2.39 bits per heavy atom. The van der Waals surface area contributed by atoms with Crippen LogP contribution in [-0.2, 0) is 7.05 Å². The summed E-state index contributed by atoms with van der Waals surface area (Å²) in [5.41, 5.74) is 0.0597. The molecule has 6 heteroatoms. The minimum Gasteiger partial charge on any atom is -0.312 e. The minimum absolute atomic E-state index is 0.128. The van der Waals surface area contributed by atoms with Crippen LogP contribution in [0, 0.1) is 11.6 Å². The Balaban J connectivity index is 2.92. The standard InChI is InChI=1S/C12H13F2N3O/c1-6(15-2)11-7-4-9(13)10(14)5-8(7)12(18)17(3)16-11/h4-6,15H,1-3H3. The van der Waals surface area contributed by atoms with Gasteiger partial charge in [0.2, 0.25) is 0 Å². The average Bonchev–Trinajstić information content (AvgIpc) is 2.35. The molecule has 1 N–H and O–H groups in total. The van der Waals surface area contributed by atoms with Crippen molar-refractivity contribution in [2.24, 2.45) is 7.05 Å². The molecule has 0 bridgehead atoms. The Morgan fingerprint density at radius 1 is 1.28 bits per heavy atom. The minimum atomic E-state index is -1.03. The van der Waals surface area contributed by atoms with Gasteiger partial charge in [0.25, 0.3) is 5.56 Å². The maximum Gasteiger partial charge on any atom is 0.274 e. The molecule has 18 heavy (non-hydrogen) atoms. The Bertz CT molecular complexity index is 666. The average molecular weight is 253 g/mol. The first-order chi connectivity index (χ1) is 8.45. The molecule has 1 atom stereocenters. The van der Waals surface area contributed by atoms with Crippen LogP contribution in [-0.4, -0.2) is 16.8 Å². The number of nitrogens with zero attached hydrogens (tertiary/aromatic N) is 2. The SMILES string of the molecule is CNC(C)c1nn(C)c(=O)c2cc(F)c(F)cc12. The van der Waals surface area contributed by atoms with Crippen molar-refractivity contribution < 1.29 is 8.78 Å². The third-order valence-electron chi connectivity index (χ3n) is 2.96. The van der Waals surface area contributed by atoms with Gasteiger partial charge in [0.15, 0.2) is 11.6 Å². The molecule has 0 saturated carbocycles. The molecule has 0 fully saturated rings. The number of hydrogen-bond acceptors (Lipinski definition) is 3. The Morgan fingerprint density at radius 2 is 1.83 bits per heavy atom. The fourth-order valence-corrected chi connectivity index (χ4v) is 1.83. The van der Waals surface area contributed by atoms with E-state index in [9.17, 15) is 13.6 Å². The molecule has 1 aromatic heterocycles. The number of aromatic nitrogens is 2. The van der Waals surface area contributed by atoms with Crippen LogP contribution in [0.4, 0.5) is 8.78 Å². The van der Waals surface area contributed by atoms with Gasteiger partial charge in [-0.15, -0.1) is 0 Å². The molecule has 1 unspecified atom stereocenters. The van der Waals surface area contributed by atoms with E-state index in [1.165, 1.54) is 7.05 Å². The molecule has 0 saturated heterocycles. The summed E-state index contributed by atoms with van der Waals surface area (Å²) >= 11 is 0. The predicted octanol–water partition coefficient (Wildman–Crippen LogP) is 1.49. The lowest BCUT2D eigenvalue weighted by atomic mass is 10.1. The van der Waals surface area contributed by atoms with E-state index < -0.39 is 17.2 Å². The van der Waals surface area contributed by atoms with Crippen LogP contribution in [0.2, 0.25) is 0 Å². The zero-order chi connectivity index (χ0) is 13.4. The van der Waals surface area contributed by atoms with E-state index in [0.717, 1.165) is 16.8 Å². The number of fused-ring (bicyclic) bond motifs is 1. The molecule has 0 amide bonds. The van der Waals surface area contributed by atoms with E-state index in [4.69, 9.17) is 0 Å². The largest absolute Gasteiger partial charge is 0.312 e. The molecule has 1 heterocycles. The molecule has 96 valence electrons. The normalized spacial score (nSPS) is 12.9. The molecule has 0 aliphatic carbocycles. The zero-order valence-electron chi connectivity index (χ0n) is 10.3. The van der Waals surface area contributed by atoms with Crippen molar-refractivity contribution in [3.63, 3.8) is 0 Å². The summed E-state index contributed by atoms with van der Waals surface area (Å²) in [7, 11) is 3.21. The van der Waals surface area contributed by atoms with Gasteiger partial charge in [-0.3, -0.25) is 4.79 Å².